The van der Waals surface area contributed by atoms with Crippen molar-refractivity contribution >= 4 is 28.2 Å². The van der Waals surface area contributed by atoms with Gasteiger partial charge in [0.15, 0.2) is 23.0 Å². The van der Waals surface area contributed by atoms with Gasteiger partial charge in [0.2, 0.25) is 0 Å². The number of anilines is 1. The fourth-order valence-electron chi connectivity index (χ4n) is 4.51. The van der Waals surface area contributed by atoms with Crippen LogP contribution in [0.3, 0.4) is 0 Å². The lowest BCUT2D eigenvalue weighted by Gasteiger charge is -2.12. The SMILES string of the molecule is COc1ccc(-c2cc(C(=O)Nc3sc4c(c3C(=O)NC[C@H]3CCCO3)CCC4)no2)cc1OC. The van der Waals surface area contributed by atoms with E-state index < -0.39 is 5.91 Å². The molecule has 2 amide bonds. The van der Waals surface area contributed by atoms with Crippen LogP contribution in [-0.2, 0) is 17.6 Å². The molecule has 1 aliphatic heterocycles. The summed E-state index contributed by atoms with van der Waals surface area (Å²) in [6, 6.07) is 6.87. The highest BCUT2D eigenvalue weighted by atomic mass is 32.1. The lowest BCUT2D eigenvalue weighted by atomic mass is 10.1. The van der Waals surface area contributed by atoms with Gasteiger partial charge in [0.05, 0.1) is 25.9 Å². The fourth-order valence-corrected chi connectivity index (χ4v) is 5.79. The number of ether oxygens (including phenoxy) is 3. The molecular formula is C25H27N3O6S. The first-order chi connectivity index (χ1) is 17.1. The minimum Gasteiger partial charge on any atom is -0.493 e. The third-order valence-electron chi connectivity index (χ3n) is 6.30. The van der Waals surface area contributed by atoms with Crippen molar-refractivity contribution in [3.05, 3.63) is 46.0 Å². The van der Waals surface area contributed by atoms with E-state index in [2.05, 4.69) is 15.8 Å². The maximum Gasteiger partial charge on any atom is 0.278 e. The summed E-state index contributed by atoms with van der Waals surface area (Å²) in [5, 5.41) is 10.4. The first-order valence-corrected chi connectivity index (χ1v) is 12.4. The Kier molecular flexibility index (Phi) is 6.74. The van der Waals surface area contributed by atoms with E-state index in [4.69, 9.17) is 18.7 Å². The molecule has 1 fully saturated rings. The monoisotopic (exact) mass is 497 g/mol. The van der Waals surface area contributed by atoms with Gasteiger partial charge in [0.1, 0.15) is 5.00 Å². The van der Waals surface area contributed by atoms with Crippen LogP contribution in [-0.4, -0.2) is 50.4 Å². The number of aryl methyl sites for hydroxylation is 1. The Bertz CT molecular complexity index is 1240. The van der Waals surface area contributed by atoms with E-state index in [9.17, 15) is 9.59 Å². The molecule has 3 heterocycles. The number of rotatable bonds is 8. The van der Waals surface area contributed by atoms with Crippen LogP contribution in [0.2, 0.25) is 0 Å². The zero-order valence-corrected chi connectivity index (χ0v) is 20.5. The van der Waals surface area contributed by atoms with E-state index in [0.717, 1.165) is 49.2 Å². The van der Waals surface area contributed by atoms with E-state index in [-0.39, 0.29) is 17.7 Å². The summed E-state index contributed by atoms with van der Waals surface area (Å²) in [7, 11) is 3.11. The Labute approximate surface area is 206 Å². The zero-order valence-electron chi connectivity index (χ0n) is 19.6. The Morgan fingerprint density at radius 3 is 2.74 bits per heavy atom. The first kappa shape index (κ1) is 23.4. The molecule has 0 unspecified atom stereocenters. The third kappa shape index (κ3) is 4.76. The number of fused-ring (bicyclic) bond motifs is 1. The zero-order chi connectivity index (χ0) is 24.4. The molecule has 35 heavy (non-hydrogen) atoms. The maximum atomic E-state index is 13.1. The predicted octanol–water partition coefficient (Wildman–Crippen LogP) is 4.07. The molecule has 3 aromatic rings. The van der Waals surface area contributed by atoms with E-state index >= 15 is 0 Å². The molecule has 0 bridgehead atoms. The quantitative estimate of drug-likeness (QED) is 0.482. The molecule has 0 spiro atoms. The van der Waals surface area contributed by atoms with E-state index in [1.54, 1.807) is 38.5 Å². The number of hydrogen-bond donors (Lipinski definition) is 2. The Balaban J connectivity index is 1.33. The normalized spacial score (nSPS) is 16.7. The minimum atomic E-state index is -0.437. The highest BCUT2D eigenvalue weighted by Gasteiger charge is 2.29. The second-order valence-electron chi connectivity index (χ2n) is 8.51. The number of nitrogens with zero attached hydrogens (tertiary/aromatic N) is 1. The van der Waals surface area contributed by atoms with Gasteiger partial charge in [-0.2, -0.15) is 0 Å². The Morgan fingerprint density at radius 1 is 1.11 bits per heavy atom. The predicted molar refractivity (Wildman–Crippen MR) is 131 cm³/mol. The summed E-state index contributed by atoms with van der Waals surface area (Å²) in [4.78, 5) is 27.3. The van der Waals surface area contributed by atoms with Crippen molar-refractivity contribution < 1.29 is 28.3 Å². The number of methoxy groups -OCH3 is 2. The van der Waals surface area contributed by atoms with Crippen LogP contribution in [0.15, 0.2) is 28.8 Å². The second kappa shape index (κ2) is 10.1. The molecule has 5 rings (SSSR count). The minimum absolute atomic E-state index is 0.0498. The number of carbonyl (C=O) groups excluding carboxylic acids is 2. The molecule has 2 aliphatic rings. The molecule has 0 radical (unpaired) electrons. The van der Waals surface area contributed by atoms with Gasteiger partial charge in [-0.05, 0) is 55.9 Å². The molecule has 10 heteroatoms. The molecule has 1 aliphatic carbocycles. The molecule has 1 saturated heterocycles. The van der Waals surface area contributed by atoms with Crippen molar-refractivity contribution in [2.24, 2.45) is 0 Å². The summed E-state index contributed by atoms with van der Waals surface area (Å²) in [6.45, 7) is 1.20. The highest BCUT2D eigenvalue weighted by Crippen LogP contribution is 2.39. The van der Waals surface area contributed by atoms with Crippen molar-refractivity contribution in [2.45, 2.75) is 38.2 Å². The fraction of sp³-hybridized carbons (Fsp3) is 0.400. The van der Waals surface area contributed by atoms with E-state index in [0.29, 0.717) is 39.9 Å². The van der Waals surface area contributed by atoms with Gasteiger partial charge in [-0.25, -0.2) is 0 Å². The van der Waals surface area contributed by atoms with Crippen LogP contribution in [0.1, 0.15) is 50.5 Å². The van der Waals surface area contributed by atoms with Gasteiger partial charge in [-0.1, -0.05) is 5.16 Å². The van der Waals surface area contributed by atoms with Gasteiger partial charge < -0.3 is 29.4 Å². The van der Waals surface area contributed by atoms with Crippen LogP contribution < -0.4 is 20.1 Å². The number of hydrogen-bond acceptors (Lipinski definition) is 8. The van der Waals surface area contributed by atoms with Gasteiger partial charge in [-0.3, -0.25) is 9.59 Å². The second-order valence-corrected chi connectivity index (χ2v) is 9.61. The summed E-state index contributed by atoms with van der Waals surface area (Å²) >= 11 is 1.46. The standard InChI is InChI=1S/C25H27N3O6S/c1-31-18-9-8-14(11-20(18)32-2)19-12-17(28-34-19)23(29)27-25-22(16-6-3-7-21(16)35-25)24(30)26-13-15-5-4-10-33-15/h8-9,11-12,15H,3-7,10,13H2,1-2H3,(H,26,30)(H,27,29)/t15-/m1/s1. The molecular weight excluding hydrogens is 470 g/mol. The molecule has 9 nitrogen and oxygen atoms in total. The molecule has 0 saturated carbocycles. The molecule has 2 N–H and O–H groups in total. The summed E-state index contributed by atoms with van der Waals surface area (Å²) < 4.78 is 21.6. The smallest absolute Gasteiger partial charge is 0.278 e. The largest absolute Gasteiger partial charge is 0.493 e. The number of thiophene rings is 1. The van der Waals surface area contributed by atoms with Crippen molar-refractivity contribution in [1.29, 1.82) is 0 Å². The highest BCUT2D eigenvalue weighted by molar-refractivity contribution is 7.17. The average Bonchev–Trinajstić information content (AvgIpc) is 3.67. The lowest BCUT2D eigenvalue weighted by molar-refractivity contribution is 0.0858. The van der Waals surface area contributed by atoms with Crippen LogP contribution in [0.5, 0.6) is 11.5 Å². The van der Waals surface area contributed by atoms with Gasteiger partial charge in [0.25, 0.3) is 11.8 Å². The summed E-state index contributed by atoms with van der Waals surface area (Å²) in [5.74, 6) is 0.929. The Hall–Kier alpha value is -3.37. The lowest BCUT2D eigenvalue weighted by Crippen LogP contribution is -2.32. The maximum absolute atomic E-state index is 13.1. The number of aromatic nitrogens is 1. The van der Waals surface area contributed by atoms with Gasteiger partial charge in [0, 0.05) is 29.7 Å². The number of benzene rings is 1. The number of nitrogens with one attached hydrogen (secondary N) is 2. The molecule has 1 atom stereocenters. The van der Waals surface area contributed by atoms with E-state index in [1.807, 2.05) is 0 Å². The van der Waals surface area contributed by atoms with Crippen LogP contribution >= 0.6 is 11.3 Å². The van der Waals surface area contributed by atoms with Crippen LogP contribution in [0.4, 0.5) is 5.00 Å². The summed E-state index contributed by atoms with van der Waals surface area (Å²) in [5.41, 5.74) is 2.39. The molecule has 2 aromatic heterocycles. The average molecular weight is 498 g/mol. The van der Waals surface area contributed by atoms with Gasteiger partial charge >= 0.3 is 0 Å². The third-order valence-corrected chi connectivity index (χ3v) is 7.51. The molecule has 184 valence electrons. The number of carbonyl (C=O) groups is 2. The number of amides is 2. The van der Waals surface area contributed by atoms with Crippen molar-refractivity contribution in [3.63, 3.8) is 0 Å². The van der Waals surface area contributed by atoms with Gasteiger partial charge in [-0.15, -0.1) is 11.3 Å². The topological polar surface area (TPSA) is 112 Å². The first-order valence-electron chi connectivity index (χ1n) is 11.6. The summed E-state index contributed by atoms with van der Waals surface area (Å²) in [6.07, 6.45) is 4.76. The molecule has 1 aromatic carbocycles. The van der Waals surface area contributed by atoms with Crippen molar-refractivity contribution in [2.75, 3.05) is 32.7 Å². The Morgan fingerprint density at radius 2 is 1.97 bits per heavy atom. The van der Waals surface area contributed by atoms with Crippen LogP contribution in [0.25, 0.3) is 11.3 Å². The van der Waals surface area contributed by atoms with Crippen molar-refractivity contribution in [3.8, 4) is 22.8 Å². The van der Waals surface area contributed by atoms with Crippen LogP contribution in [0, 0.1) is 0 Å². The van der Waals surface area contributed by atoms with E-state index in [1.165, 1.54) is 11.3 Å². The van der Waals surface area contributed by atoms with Crippen molar-refractivity contribution in [1.82, 2.24) is 10.5 Å².